The van der Waals surface area contributed by atoms with Crippen LogP contribution in [0.1, 0.15) is 31.4 Å². The molecule has 3 aromatic rings. The second-order valence-electron chi connectivity index (χ2n) is 7.88. The number of rotatable bonds is 5. The van der Waals surface area contributed by atoms with Gasteiger partial charge in [0, 0.05) is 10.6 Å². The average Bonchev–Trinajstić information content (AvgIpc) is 2.80. The summed E-state index contributed by atoms with van der Waals surface area (Å²) in [7, 11) is 0. The van der Waals surface area contributed by atoms with E-state index < -0.39 is 11.8 Å². The number of ether oxygens (including phenoxy) is 1. The van der Waals surface area contributed by atoms with E-state index in [0.717, 1.165) is 17.2 Å². The third-order valence-electron chi connectivity index (χ3n) is 5.70. The quantitative estimate of drug-likeness (QED) is 0.285. The molecule has 1 aliphatic rings. The van der Waals surface area contributed by atoms with Gasteiger partial charge in [0.25, 0.3) is 11.8 Å². The zero-order valence-corrected chi connectivity index (χ0v) is 20.1. The van der Waals surface area contributed by atoms with Crippen LogP contribution in [0.3, 0.4) is 0 Å². The maximum atomic E-state index is 13.6. The molecule has 33 heavy (non-hydrogen) atoms. The number of nitrogens with one attached hydrogen (secondary N) is 1. The summed E-state index contributed by atoms with van der Waals surface area (Å²) in [5, 5.41) is 5.01. The van der Waals surface area contributed by atoms with E-state index in [1.165, 1.54) is 4.90 Å². The van der Waals surface area contributed by atoms with Crippen molar-refractivity contribution in [2.75, 3.05) is 4.90 Å². The maximum absolute atomic E-state index is 13.6. The molecule has 7 heteroatoms. The van der Waals surface area contributed by atoms with Crippen molar-refractivity contribution in [3.63, 3.8) is 0 Å². The zero-order chi connectivity index (χ0) is 23.7. The standard InChI is InChI=1S/C26H23ClN2O3S/c1-4-15(2)32-23-13-12-17-8-5-6-9-18(17)19(23)14-20-24(30)28-26(33)29(25(20)31)22-11-7-10-21(27)16(22)3/h5-15H,4H2,1-3H3,(H,28,30,33)/b20-14+/t15-/m0/s1. The number of anilines is 1. The van der Waals surface area contributed by atoms with Gasteiger partial charge < -0.3 is 4.74 Å². The molecule has 0 aliphatic carbocycles. The van der Waals surface area contributed by atoms with E-state index in [0.29, 0.717) is 27.6 Å². The Morgan fingerprint density at radius 3 is 2.64 bits per heavy atom. The van der Waals surface area contributed by atoms with Gasteiger partial charge in [-0.1, -0.05) is 54.9 Å². The molecule has 1 saturated heterocycles. The molecule has 0 aromatic heterocycles. The lowest BCUT2D eigenvalue weighted by Crippen LogP contribution is -2.54. The fourth-order valence-corrected chi connectivity index (χ4v) is 4.13. The first-order chi connectivity index (χ1) is 15.8. The molecule has 0 unspecified atom stereocenters. The lowest BCUT2D eigenvalue weighted by Gasteiger charge is -2.30. The van der Waals surface area contributed by atoms with Crippen molar-refractivity contribution in [3.05, 3.63) is 76.3 Å². The maximum Gasteiger partial charge on any atom is 0.270 e. The van der Waals surface area contributed by atoms with Crippen LogP contribution in [0.5, 0.6) is 5.75 Å². The summed E-state index contributed by atoms with van der Waals surface area (Å²) in [5.74, 6) is -0.463. The largest absolute Gasteiger partial charge is 0.490 e. The van der Waals surface area contributed by atoms with E-state index in [1.54, 1.807) is 31.2 Å². The predicted molar refractivity (Wildman–Crippen MR) is 137 cm³/mol. The van der Waals surface area contributed by atoms with Crippen molar-refractivity contribution in [3.8, 4) is 5.75 Å². The second kappa shape index (κ2) is 9.33. The fraction of sp³-hybridized carbons (Fsp3) is 0.192. The van der Waals surface area contributed by atoms with Crippen LogP contribution in [0.2, 0.25) is 5.02 Å². The highest BCUT2D eigenvalue weighted by Crippen LogP contribution is 2.34. The van der Waals surface area contributed by atoms with Crippen LogP contribution in [0, 0.1) is 6.92 Å². The summed E-state index contributed by atoms with van der Waals surface area (Å²) in [4.78, 5) is 27.8. The van der Waals surface area contributed by atoms with E-state index in [2.05, 4.69) is 5.32 Å². The van der Waals surface area contributed by atoms with E-state index in [9.17, 15) is 9.59 Å². The average molecular weight is 479 g/mol. The zero-order valence-electron chi connectivity index (χ0n) is 18.5. The highest BCUT2D eigenvalue weighted by Gasteiger charge is 2.35. The summed E-state index contributed by atoms with van der Waals surface area (Å²) >= 11 is 11.6. The van der Waals surface area contributed by atoms with Gasteiger partial charge in [-0.25, -0.2) is 0 Å². The molecule has 0 saturated carbocycles. The number of thiocarbonyl (C=S) groups is 1. The number of nitrogens with zero attached hydrogens (tertiary/aromatic N) is 1. The molecule has 1 fully saturated rings. The third kappa shape index (κ3) is 4.36. The Balaban J connectivity index is 1.88. The molecule has 0 bridgehead atoms. The molecule has 5 nitrogen and oxygen atoms in total. The highest BCUT2D eigenvalue weighted by atomic mass is 35.5. The van der Waals surface area contributed by atoms with Gasteiger partial charge in [-0.05, 0) is 73.1 Å². The summed E-state index contributed by atoms with van der Waals surface area (Å²) in [5.41, 5.74) is 1.85. The van der Waals surface area contributed by atoms with Crippen molar-refractivity contribution in [1.29, 1.82) is 0 Å². The number of halogens is 1. The molecule has 3 aromatic carbocycles. The van der Waals surface area contributed by atoms with Gasteiger partial charge in [-0.3, -0.25) is 19.8 Å². The van der Waals surface area contributed by atoms with Crippen molar-refractivity contribution < 1.29 is 14.3 Å². The third-order valence-corrected chi connectivity index (χ3v) is 6.40. The summed E-state index contributed by atoms with van der Waals surface area (Å²) in [6.07, 6.45) is 2.38. The molecule has 1 aliphatic heterocycles. The number of carbonyl (C=O) groups excluding carboxylic acids is 2. The second-order valence-corrected chi connectivity index (χ2v) is 8.67. The minimum atomic E-state index is -0.552. The lowest BCUT2D eigenvalue weighted by atomic mass is 9.99. The normalized spacial score (nSPS) is 16.3. The van der Waals surface area contributed by atoms with E-state index in [1.807, 2.05) is 50.2 Å². The van der Waals surface area contributed by atoms with Crippen LogP contribution in [0.4, 0.5) is 5.69 Å². The van der Waals surface area contributed by atoms with Crippen LogP contribution < -0.4 is 15.0 Å². The Kier molecular flexibility index (Phi) is 6.49. The van der Waals surface area contributed by atoms with E-state index in [4.69, 9.17) is 28.6 Å². The van der Waals surface area contributed by atoms with E-state index in [-0.39, 0.29) is 16.8 Å². The molecule has 1 atom stereocenters. The first-order valence-corrected chi connectivity index (χ1v) is 11.5. The Morgan fingerprint density at radius 2 is 1.88 bits per heavy atom. The monoisotopic (exact) mass is 478 g/mol. The van der Waals surface area contributed by atoms with E-state index >= 15 is 0 Å². The molecular weight excluding hydrogens is 456 g/mol. The minimum absolute atomic E-state index is 0.0153. The topological polar surface area (TPSA) is 58.6 Å². The van der Waals surface area contributed by atoms with Gasteiger partial charge in [0.2, 0.25) is 0 Å². The highest BCUT2D eigenvalue weighted by molar-refractivity contribution is 7.80. The van der Waals surface area contributed by atoms with Gasteiger partial charge in [0.05, 0.1) is 11.8 Å². The van der Waals surface area contributed by atoms with Gasteiger partial charge in [0.1, 0.15) is 11.3 Å². The Morgan fingerprint density at radius 1 is 1.12 bits per heavy atom. The predicted octanol–water partition coefficient (Wildman–Crippen LogP) is 5.81. The van der Waals surface area contributed by atoms with Gasteiger partial charge in [0.15, 0.2) is 5.11 Å². The number of hydrogen-bond donors (Lipinski definition) is 1. The van der Waals surface area contributed by atoms with Crippen LogP contribution >= 0.6 is 23.8 Å². The molecule has 2 amide bonds. The van der Waals surface area contributed by atoms with Gasteiger partial charge in [-0.2, -0.15) is 0 Å². The van der Waals surface area contributed by atoms with Crippen molar-refractivity contribution >= 4 is 63.3 Å². The summed E-state index contributed by atoms with van der Waals surface area (Å²) in [6.45, 7) is 5.82. The van der Waals surface area contributed by atoms with Gasteiger partial charge >= 0.3 is 0 Å². The van der Waals surface area contributed by atoms with Crippen molar-refractivity contribution in [1.82, 2.24) is 5.32 Å². The van der Waals surface area contributed by atoms with Crippen LogP contribution in [0.15, 0.2) is 60.2 Å². The Hall–Kier alpha value is -3.22. The van der Waals surface area contributed by atoms with Crippen LogP contribution in [-0.2, 0) is 9.59 Å². The molecule has 1 heterocycles. The summed E-state index contributed by atoms with van der Waals surface area (Å²) < 4.78 is 6.14. The van der Waals surface area contributed by atoms with Crippen molar-refractivity contribution in [2.45, 2.75) is 33.3 Å². The lowest BCUT2D eigenvalue weighted by molar-refractivity contribution is -0.122. The molecule has 1 N–H and O–H groups in total. The first-order valence-electron chi connectivity index (χ1n) is 10.7. The van der Waals surface area contributed by atoms with Crippen LogP contribution in [-0.4, -0.2) is 23.0 Å². The smallest absolute Gasteiger partial charge is 0.270 e. The number of amides is 2. The molecule has 0 radical (unpaired) electrons. The fourth-order valence-electron chi connectivity index (χ4n) is 3.69. The Bertz CT molecular complexity index is 1320. The number of hydrogen-bond acceptors (Lipinski definition) is 4. The summed E-state index contributed by atoms with van der Waals surface area (Å²) in [6, 6.07) is 16.8. The number of fused-ring (bicyclic) bond motifs is 1. The first kappa shape index (κ1) is 23.0. The van der Waals surface area contributed by atoms with Crippen molar-refractivity contribution in [2.24, 2.45) is 0 Å². The van der Waals surface area contributed by atoms with Gasteiger partial charge in [-0.15, -0.1) is 0 Å². The molecule has 0 spiro atoms. The minimum Gasteiger partial charge on any atom is -0.490 e. The molecular formula is C26H23ClN2O3S. The van der Waals surface area contributed by atoms with Crippen LogP contribution in [0.25, 0.3) is 16.8 Å². The molecule has 4 rings (SSSR count). The Labute approximate surface area is 203 Å². The SMILES string of the molecule is CC[C@H](C)Oc1ccc2ccccc2c1/C=C1\C(=O)NC(=S)N(c2cccc(Cl)c2C)C1=O. The molecule has 168 valence electrons. The number of benzene rings is 3. The number of carbonyl (C=O) groups is 2.